The summed E-state index contributed by atoms with van der Waals surface area (Å²) < 4.78 is 22.3. The molecule has 0 aliphatic carbocycles. The average Bonchev–Trinajstić information content (AvgIpc) is 3.09. The number of rotatable bonds is 7. The van der Waals surface area contributed by atoms with Crippen LogP contribution in [0.4, 0.5) is 4.39 Å². The van der Waals surface area contributed by atoms with Crippen LogP contribution in [0.1, 0.15) is 25.8 Å². The third-order valence-corrected chi connectivity index (χ3v) is 5.62. The smallest absolute Gasteiger partial charge is 0.278 e. The first-order valence-electron chi connectivity index (χ1n) is 10.5. The average molecular weight is 436 g/mol. The van der Waals surface area contributed by atoms with Gasteiger partial charge >= 0.3 is 0 Å². The van der Waals surface area contributed by atoms with Crippen LogP contribution < -0.4 is 15.6 Å². The molecule has 2 aromatic heterocycles. The Hall–Kier alpha value is -3.68. The highest BCUT2D eigenvalue weighted by atomic mass is 19.1. The lowest BCUT2D eigenvalue weighted by molar-refractivity contribution is -0.122. The van der Waals surface area contributed by atoms with Gasteiger partial charge in [-0.2, -0.15) is 0 Å². The van der Waals surface area contributed by atoms with Gasteiger partial charge in [0.2, 0.25) is 5.91 Å². The molecule has 32 heavy (non-hydrogen) atoms. The summed E-state index contributed by atoms with van der Waals surface area (Å²) in [6, 6.07) is 11.7. The predicted octanol–water partition coefficient (Wildman–Crippen LogP) is 3.46. The first kappa shape index (κ1) is 21.5. The summed E-state index contributed by atoms with van der Waals surface area (Å²) in [5.74, 6) is 0.0846. The third-order valence-electron chi connectivity index (χ3n) is 5.62. The van der Waals surface area contributed by atoms with Crippen LogP contribution >= 0.6 is 0 Å². The summed E-state index contributed by atoms with van der Waals surface area (Å²) >= 11 is 0. The van der Waals surface area contributed by atoms with E-state index in [1.54, 1.807) is 17.7 Å². The Balaban J connectivity index is 1.82. The maximum Gasteiger partial charge on any atom is 0.278 e. The molecule has 0 aliphatic heterocycles. The second-order valence-corrected chi connectivity index (χ2v) is 7.85. The summed E-state index contributed by atoms with van der Waals surface area (Å²) in [5.41, 5.74) is 1.86. The van der Waals surface area contributed by atoms with Gasteiger partial charge in [0.05, 0.1) is 25.5 Å². The molecule has 0 radical (unpaired) electrons. The molecule has 0 saturated heterocycles. The molecular formula is C24H25FN4O3. The topological polar surface area (TPSA) is 78.2 Å². The number of halogens is 1. The number of carbonyl (C=O) groups is 1. The van der Waals surface area contributed by atoms with Crippen LogP contribution in [0.25, 0.3) is 21.9 Å². The quantitative estimate of drug-likeness (QED) is 0.481. The highest BCUT2D eigenvalue weighted by Gasteiger charge is 2.19. The van der Waals surface area contributed by atoms with E-state index >= 15 is 0 Å². The van der Waals surface area contributed by atoms with Crippen LogP contribution in [0.3, 0.4) is 0 Å². The van der Waals surface area contributed by atoms with Gasteiger partial charge in [-0.05, 0) is 49.2 Å². The maximum atomic E-state index is 14.0. The molecule has 0 aliphatic rings. The van der Waals surface area contributed by atoms with E-state index in [0.29, 0.717) is 23.0 Å². The molecule has 2 heterocycles. The number of hydrogen-bond donors (Lipinski definition) is 1. The largest absolute Gasteiger partial charge is 0.497 e. The fourth-order valence-corrected chi connectivity index (χ4v) is 3.74. The van der Waals surface area contributed by atoms with Crippen molar-refractivity contribution in [2.45, 2.75) is 39.4 Å². The Morgan fingerprint density at radius 3 is 2.66 bits per heavy atom. The van der Waals surface area contributed by atoms with Crippen molar-refractivity contribution in [2.75, 3.05) is 7.11 Å². The van der Waals surface area contributed by atoms with Crippen molar-refractivity contribution in [3.05, 3.63) is 70.5 Å². The van der Waals surface area contributed by atoms with E-state index in [1.807, 2.05) is 38.1 Å². The van der Waals surface area contributed by atoms with Gasteiger partial charge in [0.15, 0.2) is 0 Å². The number of aromatic nitrogens is 3. The Kier molecular flexibility index (Phi) is 5.94. The number of nitrogens with zero attached hydrogens (tertiary/aromatic N) is 3. The van der Waals surface area contributed by atoms with Gasteiger partial charge in [-0.1, -0.05) is 19.1 Å². The lowest BCUT2D eigenvalue weighted by Gasteiger charge is -2.13. The van der Waals surface area contributed by atoms with Crippen molar-refractivity contribution < 1.29 is 13.9 Å². The second-order valence-electron chi connectivity index (χ2n) is 7.85. The zero-order valence-electron chi connectivity index (χ0n) is 18.3. The minimum Gasteiger partial charge on any atom is -0.497 e. The summed E-state index contributed by atoms with van der Waals surface area (Å²) in [5, 5.41) is 3.42. The monoisotopic (exact) mass is 436 g/mol. The lowest BCUT2D eigenvalue weighted by atomic mass is 10.2. The minimum absolute atomic E-state index is 0.0119. The van der Waals surface area contributed by atoms with Gasteiger partial charge in [-0.15, -0.1) is 0 Å². The van der Waals surface area contributed by atoms with Crippen molar-refractivity contribution >= 4 is 27.8 Å². The second kappa shape index (κ2) is 8.82. The number of benzene rings is 2. The van der Waals surface area contributed by atoms with Gasteiger partial charge in [0.25, 0.3) is 5.56 Å². The Bertz CT molecular complexity index is 1340. The number of nitrogens with one attached hydrogen (secondary N) is 1. The van der Waals surface area contributed by atoms with Crippen molar-refractivity contribution in [3.8, 4) is 5.75 Å². The first-order valence-corrected chi connectivity index (χ1v) is 10.5. The molecule has 0 saturated carbocycles. The molecule has 4 rings (SSSR count). The van der Waals surface area contributed by atoms with E-state index in [-0.39, 0.29) is 29.6 Å². The summed E-state index contributed by atoms with van der Waals surface area (Å²) in [6.45, 7) is 4.15. The number of carbonyl (C=O) groups excluding carboxylic acids is 1. The van der Waals surface area contributed by atoms with Crippen LogP contribution in [0, 0.1) is 5.82 Å². The zero-order valence-corrected chi connectivity index (χ0v) is 18.3. The number of fused-ring (bicyclic) bond motifs is 3. The molecule has 4 aromatic rings. The standard InChI is InChI=1S/C24H25FN4O3/c1-4-15(2)27-21(30)13-29-20-10-7-17(25)11-19(20)22-23(29)24(31)28(14-26-22)12-16-5-8-18(32-3)9-6-16/h5-11,14-15H,4,12-13H2,1-3H3,(H,27,30)/t15-/m0/s1. The van der Waals surface area contributed by atoms with E-state index in [0.717, 1.165) is 17.7 Å². The van der Waals surface area contributed by atoms with Crippen LogP contribution in [-0.4, -0.2) is 33.2 Å². The number of ether oxygens (including phenoxy) is 1. The Morgan fingerprint density at radius 2 is 1.97 bits per heavy atom. The predicted molar refractivity (Wildman–Crippen MR) is 121 cm³/mol. The van der Waals surface area contributed by atoms with Gasteiger partial charge in [0, 0.05) is 11.4 Å². The van der Waals surface area contributed by atoms with Crippen molar-refractivity contribution in [3.63, 3.8) is 0 Å². The molecule has 0 fully saturated rings. The highest BCUT2D eigenvalue weighted by Crippen LogP contribution is 2.26. The SMILES string of the molecule is CC[C@H](C)NC(=O)Cn1c2ccc(F)cc2c2ncn(Cc3ccc(OC)cc3)c(=O)c21. The first-order chi connectivity index (χ1) is 15.4. The van der Waals surface area contributed by atoms with E-state index in [4.69, 9.17) is 4.74 Å². The van der Waals surface area contributed by atoms with Gasteiger partial charge < -0.3 is 14.6 Å². The van der Waals surface area contributed by atoms with Crippen LogP contribution in [0.2, 0.25) is 0 Å². The van der Waals surface area contributed by atoms with Crippen LogP contribution in [-0.2, 0) is 17.9 Å². The fraction of sp³-hybridized carbons (Fsp3) is 0.292. The molecule has 8 heteroatoms. The van der Waals surface area contributed by atoms with Crippen LogP contribution in [0.15, 0.2) is 53.6 Å². The third kappa shape index (κ3) is 4.08. The molecule has 166 valence electrons. The zero-order chi connectivity index (χ0) is 22.8. The summed E-state index contributed by atoms with van der Waals surface area (Å²) in [7, 11) is 1.59. The molecule has 2 aromatic carbocycles. The maximum absolute atomic E-state index is 14.0. The Morgan fingerprint density at radius 1 is 1.22 bits per heavy atom. The molecule has 1 amide bonds. The van der Waals surface area contributed by atoms with Gasteiger partial charge in [0.1, 0.15) is 29.1 Å². The van der Waals surface area contributed by atoms with Crippen LogP contribution in [0.5, 0.6) is 5.75 Å². The van der Waals surface area contributed by atoms with Gasteiger partial charge in [-0.25, -0.2) is 9.37 Å². The molecule has 7 nitrogen and oxygen atoms in total. The van der Waals surface area contributed by atoms with Crippen molar-refractivity contribution in [1.29, 1.82) is 0 Å². The molecule has 0 unspecified atom stereocenters. The number of methoxy groups -OCH3 is 1. The molecule has 0 bridgehead atoms. The molecular weight excluding hydrogens is 411 g/mol. The van der Waals surface area contributed by atoms with E-state index in [9.17, 15) is 14.0 Å². The fourth-order valence-electron chi connectivity index (χ4n) is 3.74. The molecule has 1 N–H and O–H groups in total. The van der Waals surface area contributed by atoms with Gasteiger partial charge in [-0.3, -0.25) is 14.2 Å². The van der Waals surface area contributed by atoms with Crippen molar-refractivity contribution in [1.82, 2.24) is 19.4 Å². The van der Waals surface area contributed by atoms with E-state index < -0.39 is 5.82 Å². The summed E-state index contributed by atoms with van der Waals surface area (Å²) in [4.78, 5) is 30.5. The molecule has 1 atom stereocenters. The van der Waals surface area contributed by atoms with Crippen molar-refractivity contribution in [2.24, 2.45) is 0 Å². The normalized spacial score (nSPS) is 12.2. The number of amides is 1. The Labute approximate surface area is 184 Å². The van der Waals surface area contributed by atoms with E-state index in [2.05, 4.69) is 10.3 Å². The highest BCUT2D eigenvalue weighted by molar-refractivity contribution is 6.06. The number of hydrogen-bond acceptors (Lipinski definition) is 4. The minimum atomic E-state index is -0.426. The summed E-state index contributed by atoms with van der Waals surface area (Å²) in [6.07, 6.45) is 2.25. The lowest BCUT2D eigenvalue weighted by Crippen LogP contribution is -2.35. The molecule has 0 spiro atoms. The van der Waals surface area contributed by atoms with E-state index in [1.165, 1.54) is 23.0 Å².